The largest absolute Gasteiger partial charge is 0.494 e. The summed E-state index contributed by atoms with van der Waals surface area (Å²) in [5, 5.41) is 4.97. The maximum absolute atomic E-state index is 6.42. The van der Waals surface area contributed by atoms with Gasteiger partial charge in [0.15, 0.2) is 0 Å². The molecule has 200 valence electrons. The van der Waals surface area contributed by atoms with Gasteiger partial charge in [-0.2, -0.15) is 0 Å². The molecule has 0 N–H and O–H groups in total. The highest BCUT2D eigenvalue weighted by Crippen LogP contribution is 2.39. The number of hydrogen-bond donors (Lipinski definition) is 0. The molecule has 6 aromatic rings. The lowest BCUT2D eigenvalue weighted by atomic mass is 9.76. The van der Waals surface area contributed by atoms with Gasteiger partial charge in [0.1, 0.15) is 0 Å². The first-order valence-electron chi connectivity index (χ1n) is 14.4. The molecule has 1 aliphatic heterocycles. The predicted octanol–water partition coefficient (Wildman–Crippen LogP) is 9.29. The maximum Gasteiger partial charge on any atom is 0.494 e. The second-order valence-corrected chi connectivity index (χ2v) is 12.1. The van der Waals surface area contributed by atoms with Gasteiger partial charge >= 0.3 is 7.12 Å². The van der Waals surface area contributed by atoms with Crippen molar-refractivity contribution in [3.63, 3.8) is 0 Å². The Labute approximate surface area is 242 Å². The van der Waals surface area contributed by atoms with Crippen LogP contribution < -0.4 is 5.46 Å². The van der Waals surface area contributed by atoms with Crippen LogP contribution in [0.2, 0.25) is 0 Å². The summed E-state index contributed by atoms with van der Waals surface area (Å²) in [6.45, 7) is 8.40. The molecule has 0 atom stereocenters. The fourth-order valence-electron chi connectivity index (χ4n) is 5.85. The third-order valence-corrected chi connectivity index (χ3v) is 8.91. The highest BCUT2D eigenvalue weighted by atomic mass is 16.7. The summed E-state index contributed by atoms with van der Waals surface area (Å²) in [5.41, 5.74) is 7.47. The number of hydrogen-bond acceptors (Lipinski definition) is 2. The first-order chi connectivity index (χ1) is 19.8. The van der Waals surface area contributed by atoms with Crippen molar-refractivity contribution >= 4 is 34.1 Å². The van der Waals surface area contributed by atoms with Gasteiger partial charge in [0.2, 0.25) is 0 Å². The molecule has 0 aromatic heterocycles. The first-order valence-corrected chi connectivity index (χ1v) is 14.4. The third-order valence-electron chi connectivity index (χ3n) is 8.91. The van der Waals surface area contributed by atoms with Gasteiger partial charge in [0, 0.05) is 0 Å². The maximum atomic E-state index is 6.42. The molecule has 7 rings (SSSR count). The van der Waals surface area contributed by atoms with E-state index < -0.39 is 7.12 Å². The Balaban J connectivity index is 1.33. The lowest BCUT2D eigenvalue weighted by Crippen LogP contribution is -2.41. The van der Waals surface area contributed by atoms with Crippen LogP contribution in [0.5, 0.6) is 0 Å². The summed E-state index contributed by atoms with van der Waals surface area (Å²) in [6.07, 6.45) is 0. The summed E-state index contributed by atoms with van der Waals surface area (Å²) < 4.78 is 12.8. The Morgan fingerprint density at radius 1 is 0.439 bits per heavy atom. The van der Waals surface area contributed by atoms with Gasteiger partial charge < -0.3 is 9.31 Å². The fraction of sp³-hybridized carbons (Fsp3) is 0.158. The monoisotopic (exact) mass is 532 g/mol. The van der Waals surface area contributed by atoms with Crippen molar-refractivity contribution in [2.24, 2.45) is 0 Å². The number of fused-ring (bicyclic) bond motifs is 2. The van der Waals surface area contributed by atoms with Crippen LogP contribution >= 0.6 is 0 Å². The molecule has 1 heterocycles. The molecule has 0 amide bonds. The normalized spacial score (nSPS) is 16.0. The van der Waals surface area contributed by atoms with Gasteiger partial charge in [0.05, 0.1) is 11.2 Å². The Morgan fingerprint density at radius 3 is 1.76 bits per heavy atom. The van der Waals surface area contributed by atoms with Crippen LogP contribution in [-0.2, 0) is 9.31 Å². The molecule has 3 heteroatoms. The summed E-state index contributed by atoms with van der Waals surface area (Å²) >= 11 is 0. The van der Waals surface area contributed by atoms with Crippen LogP contribution in [0.4, 0.5) is 0 Å². The van der Waals surface area contributed by atoms with E-state index in [2.05, 4.69) is 155 Å². The van der Waals surface area contributed by atoms with Crippen LogP contribution in [0.3, 0.4) is 0 Å². The van der Waals surface area contributed by atoms with Crippen molar-refractivity contribution in [2.45, 2.75) is 38.9 Å². The fourth-order valence-corrected chi connectivity index (χ4v) is 5.85. The molecule has 0 aliphatic carbocycles. The second-order valence-electron chi connectivity index (χ2n) is 12.1. The lowest BCUT2D eigenvalue weighted by Gasteiger charge is -2.32. The average molecular weight is 532 g/mol. The van der Waals surface area contributed by atoms with Crippen molar-refractivity contribution in [1.29, 1.82) is 0 Å². The van der Waals surface area contributed by atoms with E-state index in [0.29, 0.717) is 0 Å². The minimum Gasteiger partial charge on any atom is -0.399 e. The van der Waals surface area contributed by atoms with Crippen LogP contribution in [0.25, 0.3) is 54.9 Å². The summed E-state index contributed by atoms with van der Waals surface area (Å²) in [5.74, 6) is 0. The molecular weight excluding hydrogens is 499 g/mol. The van der Waals surface area contributed by atoms with Crippen LogP contribution in [-0.4, -0.2) is 18.3 Å². The molecular formula is C38H33BO2. The number of rotatable bonds is 4. The smallest absolute Gasteiger partial charge is 0.399 e. The summed E-state index contributed by atoms with van der Waals surface area (Å²) in [6, 6.07) is 45.9. The zero-order valence-electron chi connectivity index (χ0n) is 24.0. The van der Waals surface area contributed by atoms with Crippen molar-refractivity contribution in [2.75, 3.05) is 0 Å². The Hall–Kier alpha value is -4.18. The minimum absolute atomic E-state index is 0.388. The van der Waals surface area contributed by atoms with E-state index in [9.17, 15) is 0 Å². The molecule has 1 aliphatic rings. The molecule has 1 fully saturated rings. The van der Waals surface area contributed by atoms with Crippen molar-refractivity contribution in [1.82, 2.24) is 0 Å². The topological polar surface area (TPSA) is 18.5 Å². The van der Waals surface area contributed by atoms with Gasteiger partial charge in [0.25, 0.3) is 0 Å². The molecule has 0 radical (unpaired) electrons. The van der Waals surface area contributed by atoms with Gasteiger partial charge in [-0.25, -0.2) is 0 Å². The molecule has 6 aromatic carbocycles. The molecule has 0 spiro atoms. The molecule has 0 unspecified atom stereocenters. The Morgan fingerprint density at radius 2 is 1.05 bits per heavy atom. The lowest BCUT2D eigenvalue weighted by molar-refractivity contribution is 0.00578. The van der Waals surface area contributed by atoms with E-state index in [0.717, 1.165) is 5.46 Å². The number of benzene rings is 6. The standard InChI is InChI=1S/C38H33BO2/c1-37(2)38(3,4)41-39(40-37)32-21-22-35(26-11-6-5-7-12-26)36(25-32)31-20-18-28-23-30(19-17-29(28)24-31)34-16-10-14-27-13-8-9-15-33(27)34/h5-25H,1-4H3. The SMILES string of the molecule is CC1(C)OB(c2ccc(-c3ccccc3)c(-c3ccc4cc(-c5cccc6ccccc56)ccc4c3)c2)OC1(C)C. The molecule has 1 saturated heterocycles. The minimum atomic E-state index is -0.410. The van der Waals surface area contributed by atoms with Gasteiger partial charge in [-0.15, -0.1) is 0 Å². The Kier molecular flexibility index (Phi) is 6.12. The van der Waals surface area contributed by atoms with E-state index >= 15 is 0 Å². The highest BCUT2D eigenvalue weighted by Gasteiger charge is 2.51. The van der Waals surface area contributed by atoms with Crippen LogP contribution in [0.15, 0.2) is 127 Å². The average Bonchev–Trinajstić information content (AvgIpc) is 3.22. The summed E-state index contributed by atoms with van der Waals surface area (Å²) in [7, 11) is -0.410. The van der Waals surface area contributed by atoms with Crippen molar-refractivity contribution in [3.05, 3.63) is 127 Å². The van der Waals surface area contributed by atoms with E-state index in [-0.39, 0.29) is 11.2 Å². The zero-order chi connectivity index (χ0) is 28.2. The third kappa shape index (κ3) is 4.56. The van der Waals surface area contributed by atoms with Gasteiger partial charge in [-0.05, 0) is 100 Å². The molecule has 41 heavy (non-hydrogen) atoms. The highest BCUT2D eigenvalue weighted by molar-refractivity contribution is 6.62. The van der Waals surface area contributed by atoms with Gasteiger partial charge in [-0.3, -0.25) is 0 Å². The molecule has 2 nitrogen and oxygen atoms in total. The Bertz CT molecular complexity index is 1880. The first kappa shape index (κ1) is 25.8. The van der Waals surface area contributed by atoms with E-state index in [1.807, 2.05) is 0 Å². The molecule has 0 bridgehead atoms. The van der Waals surface area contributed by atoms with E-state index in [4.69, 9.17) is 9.31 Å². The molecule has 0 saturated carbocycles. The van der Waals surface area contributed by atoms with Gasteiger partial charge in [-0.1, -0.05) is 115 Å². The quantitative estimate of drug-likeness (QED) is 0.211. The van der Waals surface area contributed by atoms with Crippen LogP contribution in [0.1, 0.15) is 27.7 Å². The van der Waals surface area contributed by atoms with Crippen molar-refractivity contribution < 1.29 is 9.31 Å². The zero-order valence-corrected chi connectivity index (χ0v) is 24.0. The van der Waals surface area contributed by atoms with E-state index in [1.165, 1.54) is 54.9 Å². The van der Waals surface area contributed by atoms with E-state index in [1.54, 1.807) is 0 Å². The second kappa shape index (κ2) is 9.73. The predicted molar refractivity (Wildman–Crippen MR) is 173 cm³/mol. The van der Waals surface area contributed by atoms with Crippen LogP contribution in [0, 0.1) is 0 Å². The summed E-state index contributed by atoms with van der Waals surface area (Å²) in [4.78, 5) is 0. The van der Waals surface area contributed by atoms with Crippen molar-refractivity contribution in [3.8, 4) is 33.4 Å².